The topological polar surface area (TPSA) is 72.2 Å². The number of nitrogens with one attached hydrogen (secondary N) is 1. The van der Waals surface area contributed by atoms with Crippen molar-refractivity contribution in [3.8, 4) is 0 Å². The normalized spacial score (nSPS) is 11.4. The molecule has 2 rings (SSSR count). The molecule has 0 aliphatic rings. The zero-order valence-electron chi connectivity index (χ0n) is 10.2. The van der Waals surface area contributed by atoms with Gasteiger partial charge in [0.05, 0.1) is 0 Å². The van der Waals surface area contributed by atoms with Crippen LogP contribution in [-0.2, 0) is 10.0 Å². The molecule has 3 N–H and O–H groups in total. The highest BCUT2D eigenvalue weighted by Gasteiger charge is 2.25. The lowest BCUT2D eigenvalue weighted by Gasteiger charge is -2.11. The van der Waals surface area contributed by atoms with Gasteiger partial charge in [-0.25, -0.2) is 26.0 Å². The summed E-state index contributed by atoms with van der Waals surface area (Å²) in [6.07, 6.45) is 0. The molecule has 0 aromatic heterocycles. The van der Waals surface area contributed by atoms with E-state index in [-0.39, 0.29) is 5.69 Å². The first-order valence-electron chi connectivity index (χ1n) is 5.43. The van der Waals surface area contributed by atoms with Crippen molar-refractivity contribution >= 4 is 21.4 Å². The Labute approximate surface area is 117 Å². The van der Waals surface area contributed by atoms with Gasteiger partial charge in [-0.15, -0.1) is 0 Å². The van der Waals surface area contributed by atoms with E-state index >= 15 is 0 Å². The zero-order chi connectivity index (χ0) is 15.8. The molecule has 0 bridgehead atoms. The van der Waals surface area contributed by atoms with Crippen LogP contribution in [0.5, 0.6) is 0 Å². The summed E-state index contributed by atoms with van der Waals surface area (Å²) < 4.78 is 78.9. The predicted molar refractivity (Wildman–Crippen MR) is 67.9 cm³/mol. The Bertz CT molecular complexity index is 789. The van der Waals surface area contributed by atoms with Crippen molar-refractivity contribution in [1.29, 1.82) is 0 Å². The molecule has 0 saturated carbocycles. The number of benzene rings is 2. The van der Waals surface area contributed by atoms with Crippen molar-refractivity contribution in [3.05, 3.63) is 53.6 Å². The van der Waals surface area contributed by atoms with E-state index in [1.807, 2.05) is 0 Å². The molecule has 2 aromatic carbocycles. The van der Waals surface area contributed by atoms with Crippen LogP contribution in [0, 0.1) is 23.3 Å². The SMILES string of the molecule is Nc1cc(F)c(F)c(S(=O)(=O)Nc2c(F)cccc2F)c1. The number of hydrogen-bond donors (Lipinski definition) is 2. The molecule has 0 saturated heterocycles. The largest absolute Gasteiger partial charge is 0.399 e. The average molecular weight is 320 g/mol. The summed E-state index contributed by atoms with van der Waals surface area (Å²) in [4.78, 5) is -1.15. The fourth-order valence-electron chi connectivity index (χ4n) is 1.56. The summed E-state index contributed by atoms with van der Waals surface area (Å²) in [6.45, 7) is 0. The summed E-state index contributed by atoms with van der Waals surface area (Å²) in [5.74, 6) is -5.61. The lowest BCUT2D eigenvalue weighted by Crippen LogP contribution is -2.17. The molecule has 0 aliphatic carbocycles. The summed E-state index contributed by atoms with van der Waals surface area (Å²) >= 11 is 0. The van der Waals surface area contributed by atoms with E-state index in [1.54, 1.807) is 0 Å². The second-order valence-electron chi connectivity index (χ2n) is 4.02. The number of sulfonamides is 1. The maximum absolute atomic E-state index is 13.5. The van der Waals surface area contributed by atoms with Crippen LogP contribution in [0.1, 0.15) is 0 Å². The number of nitrogens with two attached hydrogens (primary N) is 1. The molecule has 0 fully saturated rings. The Kier molecular flexibility index (Phi) is 3.77. The molecule has 0 spiro atoms. The number of hydrogen-bond acceptors (Lipinski definition) is 3. The Morgan fingerprint density at radius 1 is 0.952 bits per heavy atom. The van der Waals surface area contributed by atoms with Crippen LogP contribution in [0.25, 0.3) is 0 Å². The molecular formula is C12H8F4N2O2S. The van der Waals surface area contributed by atoms with E-state index in [2.05, 4.69) is 0 Å². The van der Waals surface area contributed by atoms with Gasteiger partial charge in [-0.1, -0.05) is 6.07 Å². The van der Waals surface area contributed by atoms with Gasteiger partial charge < -0.3 is 5.73 Å². The van der Waals surface area contributed by atoms with Gasteiger partial charge in [0.1, 0.15) is 22.2 Å². The summed E-state index contributed by atoms with van der Waals surface area (Å²) in [6, 6.07) is 3.84. The van der Waals surface area contributed by atoms with Crippen molar-refractivity contribution in [2.45, 2.75) is 4.90 Å². The Morgan fingerprint density at radius 3 is 2.10 bits per heavy atom. The number of anilines is 2. The van der Waals surface area contributed by atoms with Crippen molar-refractivity contribution < 1.29 is 26.0 Å². The van der Waals surface area contributed by atoms with Gasteiger partial charge >= 0.3 is 0 Å². The van der Waals surface area contributed by atoms with Crippen LogP contribution in [0.3, 0.4) is 0 Å². The summed E-state index contributed by atoms with van der Waals surface area (Å²) in [5, 5.41) is 0. The molecule has 0 atom stereocenters. The quantitative estimate of drug-likeness (QED) is 0.674. The first-order chi connectivity index (χ1) is 9.72. The van der Waals surface area contributed by atoms with Crippen molar-refractivity contribution in [1.82, 2.24) is 0 Å². The van der Waals surface area contributed by atoms with Gasteiger partial charge in [-0.05, 0) is 24.3 Å². The summed E-state index contributed by atoms with van der Waals surface area (Å²) in [7, 11) is -4.76. The Balaban J connectivity index is 2.54. The van der Waals surface area contributed by atoms with Gasteiger partial charge in [0.15, 0.2) is 11.6 Å². The van der Waals surface area contributed by atoms with Crippen molar-refractivity contribution in [2.24, 2.45) is 0 Å². The highest BCUT2D eigenvalue weighted by atomic mass is 32.2. The maximum Gasteiger partial charge on any atom is 0.265 e. The minimum atomic E-state index is -4.76. The number of nitrogen functional groups attached to an aromatic ring is 1. The number of halogens is 4. The van der Waals surface area contributed by atoms with Crippen LogP contribution >= 0.6 is 0 Å². The van der Waals surface area contributed by atoms with Gasteiger partial charge in [0, 0.05) is 5.69 Å². The van der Waals surface area contributed by atoms with Crippen molar-refractivity contribution in [2.75, 3.05) is 10.5 Å². The maximum atomic E-state index is 13.5. The number of para-hydroxylation sites is 1. The van der Waals surface area contributed by atoms with Crippen LogP contribution in [0.4, 0.5) is 28.9 Å². The molecule has 0 radical (unpaired) electrons. The lowest BCUT2D eigenvalue weighted by atomic mass is 10.3. The minimum Gasteiger partial charge on any atom is -0.399 e. The van der Waals surface area contributed by atoms with E-state index in [0.29, 0.717) is 12.1 Å². The lowest BCUT2D eigenvalue weighted by molar-refractivity contribution is 0.486. The van der Waals surface area contributed by atoms with Gasteiger partial charge in [0.25, 0.3) is 10.0 Å². The smallest absolute Gasteiger partial charge is 0.265 e. The molecule has 4 nitrogen and oxygen atoms in total. The van der Waals surface area contributed by atoms with Gasteiger partial charge in [0.2, 0.25) is 0 Å². The molecule has 2 aromatic rings. The van der Waals surface area contributed by atoms with Crippen LogP contribution < -0.4 is 10.5 Å². The highest BCUT2D eigenvalue weighted by molar-refractivity contribution is 7.92. The third kappa shape index (κ3) is 2.92. The monoisotopic (exact) mass is 320 g/mol. The first kappa shape index (κ1) is 15.1. The van der Waals surface area contributed by atoms with Crippen LogP contribution in [0.2, 0.25) is 0 Å². The average Bonchev–Trinajstić information content (AvgIpc) is 2.38. The first-order valence-corrected chi connectivity index (χ1v) is 6.92. The minimum absolute atomic E-state index is 0.358. The zero-order valence-corrected chi connectivity index (χ0v) is 11.0. The van der Waals surface area contributed by atoms with Crippen molar-refractivity contribution in [3.63, 3.8) is 0 Å². The Hall–Kier alpha value is -2.29. The molecule has 0 heterocycles. The Morgan fingerprint density at radius 2 is 1.52 bits per heavy atom. The molecule has 21 heavy (non-hydrogen) atoms. The molecule has 0 amide bonds. The van der Waals surface area contributed by atoms with E-state index in [4.69, 9.17) is 5.73 Å². The van der Waals surface area contributed by atoms with E-state index in [0.717, 1.165) is 18.2 Å². The molecular weight excluding hydrogens is 312 g/mol. The second-order valence-corrected chi connectivity index (χ2v) is 5.67. The third-order valence-electron chi connectivity index (χ3n) is 2.51. The standard InChI is InChI=1S/C12H8F4N2O2S/c13-7-2-1-3-8(14)12(7)18-21(19,20)10-5-6(17)4-9(15)11(10)16/h1-5,18H,17H2. The van der Waals surface area contributed by atoms with E-state index < -0.39 is 43.9 Å². The predicted octanol–water partition coefficient (Wildman–Crippen LogP) is 2.63. The number of rotatable bonds is 3. The van der Waals surface area contributed by atoms with Gasteiger partial charge in [-0.3, -0.25) is 4.72 Å². The molecule has 9 heteroatoms. The fourth-order valence-corrected chi connectivity index (χ4v) is 2.76. The van der Waals surface area contributed by atoms with E-state index in [9.17, 15) is 26.0 Å². The van der Waals surface area contributed by atoms with Crippen LogP contribution in [-0.4, -0.2) is 8.42 Å². The van der Waals surface area contributed by atoms with Crippen LogP contribution in [0.15, 0.2) is 35.2 Å². The molecule has 112 valence electrons. The van der Waals surface area contributed by atoms with E-state index in [1.165, 1.54) is 4.72 Å². The third-order valence-corrected chi connectivity index (χ3v) is 3.85. The van der Waals surface area contributed by atoms with Gasteiger partial charge in [-0.2, -0.15) is 0 Å². The molecule has 0 aliphatic heterocycles. The summed E-state index contributed by atoms with van der Waals surface area (Å²) in [5.41, 5.74) is 3.87. The second kappa shape index (κ2) is 5.24. The fraction of sp³-hybridized carbons (Fsp3) is 0. The highest BCUT2D eigenvalue weighted by Crippen LogP contribution is 2.26. The molecule has 0 unspecified atom stereocenters.